The van der Waals surface area contributed by atoms with Crippen LogP contribution in [0.2, 0.25) is 5.02 Å². The minimum Gasteiger partial charge on any atom is -0.354 e. The van der Waals surface area contributed by atoms with E-state index in [1.165, 1.54) is 12.8 Å². The van der Waals surface area contributed by atoms with Crippen LogP contribution in [-0.2, 0) is 11.2 Å². The molecule has 1 saturated heterocycles. The van der Waals surface area contributed by atoms with Crippen LogP contribution in [0.25, 0.3) is 5.65 Å². The van der Waals surface area contributed by atoms with E-state index in [0.717, 1.165) is 52.0 Å². The molecule has 0 spiro atoms. The Morgan fingerprint density at radius 2 is 1.94 bits per heavy atom. The van der Waals surface area contributed by atoms with E-state index >= 15 is 0 Å². The number of carbonyl (C=O) groups is 1. The van der Waals surface area contributed by atoms with Crippen LogP contribution in [0.3, 0.4) is 0 Å². The van der Waals surface area contributed by atoms with E-state index in [1.54, 1.807) is 0 Å². The zero-order valence-electron chi connectivity index (χ0n) is 18.5. The van der Waals surface area contributed by atoms with Crippen LogP contribution < -0.4 is 5.32 Å². The second kappa shape index (κ2) is 9.37. The molecule has 7 heteroatoms. The monoisotopic (exact) mass is 439 g/mol. The first-order chi connectivity index (χ1) is 14.9. The number of likely N-dealkylation sites (tertiary alicyclic amines) is 1. The van der Waals surface area contributed by atoms with Crippen molar-refractivity contribution in [2.45, 2.75) is 52.5 Å². The van der Waals surface area contributed by atoms with Gasteiger partial charge in [0.1, 0.15) is 0 Å². The molecule has 3 aromatic rings. The second-order valence-electron chi connectivity index (χ2n) is 8.40. The summed E-state index contributed by atoms with van der Waals surface area (Å²) in [7, 11) is 0. The van der Waals surface area contributed by atoms with E-state index in [4.69, 9.17) is 11.6 Å². The summed E-state index contributed by atoms with van der Waals surface area (Å²) in [5.74, 6) is 0.0480. The number of fused-ring (bicyclic) bond motifs is 1. The second-order valence-corrected chi connectivity index (χ2v) is 8.81. The maximum atomic E-state index is 12.7. The summed E-state index contributed by atoms with van der Waals surface area (Å²) in [4.78, 5) is 19.8. The van der Waals surface area contributed by atoms with Crippen LogP contribution in [0.15, 0.2) is 30.3 Å². The van der Waals surface area contributed by atoms with Crippen molar-refractivity contribution in [3.63, 3.8) is 0 Å². The molecule has 1 aliphatic rings. The van der Waals surface area contributed by atoms with Gasteiger partial charge in [-0.05, 0) is 70.3 Å². The molecular weight excluding hydrogens is 410 g/mol. The molecule has 1 fully saturated rings. The number of benzene rings is 1. The lowest BCUT2D eigenvalue weighted by molar-refractivity contribution is -0.121. The third-order valence-corrected chi connectivity index (χ3v) is 6.57. The number of halogens is 1. The van der Waals surface area contributed by atoms with Gasteiger partial charge in [0, 0.05) is 35.4 Å². The van der Waals surface area contributed by atoms with Crippen molar-refractivity contribution >= 4 is 23.2 Å². The lowest BCUT2D eigenvalue weighted by Gasteiger charge is -2.29. The molecular formula is C24H30ClN5O. The number of hydrogen-bond acceptors (Lipinski definition) is 4. The Morgan fingerprint density at radius 1 is 1.19 bits per heavy atom. The van der Waals surface area contributed by atoms with Crippen LogP contribution in [0.5, 0.6) is 0 Å². The van der Waals surface area contributed by atoms with Crippen molar-refractivity contribution < 1.29 is 4.79 Å². The quantitative estimate of drug-likeness (QED) is 0.599. The molecule has 1 aliphatic heterocycles. The average molecular weight is 440 g/mol. The molecule has 0 saturated carbocycles. The molecule has 2 aromatic heterocycles. The molecule has 0 radical (unpaired) electrons. The van der Waals surface area contributed by atoms with Crippen LogP contribution in [0, 0.1) is 20.8 Å². The first-order valence-electron chi connectivity index (χ1n) is 11.0. The van der Waals surface area contributed by atoms with Crippen LogP contribution >= 0.6 is 11.6 Å². The predicted octanol–water partition coefficient (Wildman–Crippen LogP) is 4.19. The van der Waals surface area contributed by atoms with E-state index in [1.807, 2.05) is 49.6 Å². The summed E-state index contributed by atoms with van der Waals surface area (Å²) < 4.78 is 1.87. The maximum absolute atomic E-state index is 12.7. The maximum Gasteiger partial charge on any atom is 0.220 e. The molecule has 164 valence electrons. The Balaban J connectivity index is 1.42. The third-order valence-electron chi connectivity index (χ3n) is 6.23. The van der Waals surface area contributed by atoms with Crippen molar-refractivity contribution in [3.8, 4) is 0 Å². The van der Waals surface area contributed by atoms with Gasteiger partial charge in [-0.25, -0.2) is 9.50 Å². The zero-order valence-corrected chi connectivity index (χ0v) is 19.2. The molecule has 4 rings (SSSR count). The summed E-state index contributed by atoms with van der Waals surface area (Å²) in [6, 6.07) is 10.0. The first-order valence-corrected chi connectivity index (χ1v) is 11.4. The molecule has 1 atom stereocenters. The SMILES string of the molecule is Cc1cc2nc(C)c(CCC(=O)NC[C@@H](c3ccccc3Cl)N3CCCC3)c(C)n2n1. The van der Waals surface area contributed by atoms with Crippen molar-refractivity contribution in [1.82, 2.24) is 24.8 Å². The molecule has 0 unspecified atom stereocenters. The molecule has 0 aliphatic carbocycles. The summed E-state index contributed by atoms with van der Waals surface area (Å²) in [6.07, 6.45) is 3.45. The highest BCUT2D eigenvalue weighted by atomic mass is 35.5. The van der Waals surface area contributed by atoms with E-state index in [2.05, 4.69) is 26.4 Å². The van der Waals surface area contributed by atoms with E-state index in [9.17, 15) is 4.79 Å². The van der Waals surface area contributed by atoms with Gasteiger partial charge in [0.15, 0.2) is 5.65 Å². The van der Waals surface area contributed by atoms with Crippen LogP contribution in [-0.4, -0.2) is 45.0 Å². The fourth-order valence-corrected chi connectivity index (χ4v) is 4.84. The summed E-state index contributed by atoms with van der Waals surface area (Å²) in [5.41, 5.74) is 5.99. The number of hydrogen-bond donors (Lipinski definition) is 1. The minimum absolute atomic E-state index is 0.0480. The molecule has 6 nitrogen and oxygen atoms in total. The normalized spacial score (nSPS) is 15.5. The van der Waals surface area contributed by atoms with E-state index in [-0.39, 0.29) is 11.9 Å². The van der Waals surface area contributed by atoms with Gasteiger partial charge in [-0.15, -0.1) is 0 Å². The van der Waals surface area contributed by atoms with Crippen molar-refractivity contribution in [2.24, 2.45) is 0 Å². The molecule has 3 heterocycles. The number of aromatic nitrogens is 3. The van der Waals surface area contributed by atoms with Crippen LogP contribution in [0.1, 0.15) is 53.5 Å². The molecule has 0 bridgehead atoms. The minimum atomic E-state index is 0.0480. The molecule has 1 aromatic carbocycles. The van der Waals surface area contributed by atoms with Gasteiger partial charge in [-0.2, -0.15) is 5.10 Å². The number of amides is 1. The van der Waals surface area contributed by atoms with E-state index < -0.39 is 0 Å². The topological polar surface area (TPSA) is 62.5 Å². The summed E-state index contributed by atoms with van der Waals surface area (Å²) in [6.45, 7) is 8.66. The van der Waals surface area contributed by atoms with Gasteiger partial charge in [0.2, 0.25) is 5.91 Å². The summed E-state index contributed by atoms with van der Waals surface area (Å²) in [5, 5.41) is 8.43. The number of nitrogens with zero attached hydrogens (tertiary/aromatic N) is 4. The number of carbonyl (C=O) groups excluding carboxylic acids is 1. The highest BCUT2D eigenvalue weighted by Crippen LogP contribution is 2.29. The fraction of sp³-hybridized carbons (Fsp3) is 0.458. The number of nitrogens with one attached hydrogen (secondary N) is 1. The smallest absolute Gasteiger partial charge is 0.220 e. The highest BCUT2D eigenvalue weighted by Gasteiger charge is 2.25. The standard InChI is InChI=1S/C24H30ClN5O/c1-16-14-23-27-17(2)19(18(3)30(23)28-16)10-11-24(31)26-15-22(29-12-6-7-13-29)20-8-4-5-9-21(20)25/h4-5,8-9,14,22H,6-7,10-13,15H2,1-3H3,(H,26,31)/t22-/m0/s1. The lowest BCUT2D eigenvalue weighted by Crippen LogP contribution is -2.37. The predicted molar refractivity (Wildman–Crippen MR) is 124 cm³/mol. The highest BCUT2D eigenvalue weighted by molar-refractivity contribution is 6.31. The Hall–Kier alpha value is -2.44. The third kappa shape index (κ3) is 4.75. The number of aryl methyl sites for hydroxylation is 3. The Morgan fingerprint density at radius 3 is 2.68 bits per heavy atom. The Bertz CT molecular complexity index is 1090. The largest absolute Gasteiger partial charge is 0.354 e. The van der Waals surface area contributed by atoms with Crippen LogP contribution in [0.4, 0.5) is 0 Å². The first kappa shape index (κ1) is 21.8. The molecule has 1 amide bonds. The fourth-order valence-electron chi connectivity index (χ4n) is 4.57. The van der Waals surface area contributed by atoms with Gasteiger partial charge >= 0.3 is 0 Å². The van der Waals surface area contributed by atoms with Crippen molar-refractivity contribution in [2.75, 3.05) is 19.6 Å². The number of rotatable bonds is 7. The van der Waals surface area contributed by atoms with Gasteiger partial charge in [-0.3, -0.25) is 9.69 Å². The van der Waals surface area contributed by atoms with Gasteiger partial charge in [0.05, 0.1) is 11.7 Å². The van der Waals surface area contributed by atoms with Gasteiger partial charge in [-0.1, -0.05) is 29.8 Å². The average Bonchev–Trinajstić information content (AvgIpc) is 3.39. The Labute approximate surface area is 188 Å². The zero-order chi connectivity index (χ0) is 22.0. The molecule has 1 N–H and O–H groups in total. The van der Waals surface area contributed by atoms with Crippen molar-refractivity contribution in [3.05, 3.63) is 63.6 Å². The molecule has 31 heavy (non-hydrogen) atoms. The van der Waals surface area contributed by atoms with E-state index in [0.29, 0.717) is 19.4 Å². The summed E-state index contributed by atoms with van der Waals surface area (Å²) >= 11 is 6.48. The van der Waals surface area contributed by atoms with Gasteiger partial charge in [0.25, 0.3) is 0 Å². The Kier molecular flexibility index (Phi) is 6.58. The van der Waals surface area contributed by atoms with Crippen molar-refractivity contribution in [1.29, 1.82) is 0 Å². The van der Waals surface area contributed by atoms with Gasteiger partial charge < -0.3 is 5.32 Å². The lowest BCUT2D eigenvalue weighted by atomic mass is 10.0.